The minimum atomic E-state index is 0.165. The molecule has 1 aliphatic rings. The predicted octanol–water partition coefficient (Wildman–Crippen LogP) is 2.68. The Labute approximate surface area is 117 Å². The molecule has 0 saturated carbocycles. The van der Waals surface area contributed by atoms with Gasteiger partial charge in [-0.05, 0) is 18.6 Å². The van der Waals surface area contributed by atoms with Crippen molar-refractivity contribution in [1.29, 1.82) is 0 Å². The Balaban J connectivity index is 2.03. The zero-order valence-electron chi connectivity index (χ0n) is 11.3. The summed E-state index contributed by atoms with van der Waals surface area (Å²) in [6.07, 6.45) is 0. The summed E-state index contributed by atoms with van der Waals surface area (Å²) in [5.41, 5.74) is 3.18. The van der Waals surface area contributed by atoms with Crippen molar-refractivity contribution in [3.05, 3.63) is 35.5 Å². The molecule has 1 aliphatic heterocycles. The highest BCUT2D eigenvalue weighted by atomic mass is 32.2. The van der Waals surface area contributed by atoms with Crippen LogP contribution in [0.5, 0.6) is 0 Å². The van der Waals surface area contributed by atoms with Gasteiger partial charge in [-0.25, -0.2) is 0 Å². The van der Waals surface area contributed by atoms with E-state index >= 15 is 0 Å². The maximum Gasteiger partial charge on any atom is 0.270 e. The van der Waals surface area contributed by atoms with Gasteiger partial charge in [0, 0.05) is 37.0 Å². The number of benzene rings is 1. The molecule has 4 heteroatoms. The van der Waals surface area contributed by atoms with Gasteiger partial charge in [-0.15, -0.1) is 0 Å². The lowest BCUT2D eigenvalue weighted by Crippen LogP contribution is -2.38. The van der Waals surface area contributed by atoms with E-state index in [0.29, 0.717) is 0 Å². The maximum absolute atomic E-state index is 12.6. The van der Waals surface area contributed by atoms with E-state index in [4.69, 9.17) is 0 Å². The second kappa shape index (κ2) is 4.93. The Morgan fingerprint density at radius 3 is 2.68 bits per heavy atom. The fourth-order valence-electron chi connectivity index (χ4n) is 2.75. The summed E-state index contributed by atoms with van der Waals surface area (Å²) < 4.78 is 2.04. The summed E-state index contributed by atoms with van der Waals surface area (Å²) in [5.74, 6) is 2.27. The third-order valence-electron chi connectivity index (χ3n) is 3.78. The molecule has 1 fully saturated rings. The van der Waals surface area contributed by atoms with Crippen LogP contribution in [0.15, 0.2) is 24.3 Å². The quantitative estimate of drug-likeness (QED) is 0.799. The Hall–Kier alpha value is -1.42. The van der Waals surface area contributed by atoms with Crippen LogP contribution in [-0.2, 0) is 7.05 Å². The first-order chi connectivity index (χ1) is 9.18. The number of rotatable bonds is 1. The number of carbonyl (C=O) groups is 1. The first-order valence-electron chi connectivity index (χ1n) is 6.60. The highest BCUT2D eigenvalue weighted by Crippen LogP contribution is 2.23. The normalized spacial score (nSPS) is 16.0. The van der Waals surface area contributed by atoms with Crippen molar-refractivity contribution >= 4 is 28.6 Å². The Morgan fingerprint density at radius 1 is 1.26 bits per heavy atom. The third-order valence-corrected chi connectivity index (χ3v) is 4.72. The zero-order valence-corrected chi connectivity index (χ0v) is 12.2. The third kappa shape index (κ3) is 2.14. The number of hydrogen-bond donors (Lipinski definition) is 0. The minimum absolute atomic E-state index is 0.165. The second-order valence-electron chi connectivity index (χ2n) is 5.01. The standard InChI is InChI=1S/C15H18N2OS/c1-11-4-3-5-12-10-13(16(2)14(11)12)15(18)17-6-8-19-9-7-17/h3-5,10H,6-9H2,1-2H3. The first-order valence-corrected chi connectivity index (χ1v) is 7.76. The molecule has 0 unspecified atom stereocenters. The Morgan fingerprint density at radius 2 is 2.00 bits per heavy atom. The van der Waals surface area contributed by atoms with Gasteiger partial charge in [-0.2, -0.15) is 11.8 Å². The molecule has 3 nitrogen and oxygen atoms in total. The molecule has 1 aromatic heterocycles. The van der Waals surface area contributed by atoms with E-state index in [1.54, 1.807) is 0 Å². The van der Waals surface area contributed by atoms with Crippen molar-refractivity contribution in [2.45, 2.75) is 6.92 Å². The van der Waals surface area contributed by atoms with E-state index in [1.807, 2.05) is 40.4 Å². The van der Waals surface area contributed by atoms with Crippen LogP contribution in [0, 0.1) is 6.92 Å². The lowest BCUT2D eigenvalue weighted by molar-refractivity contribution is 0.0763. The summed E-state index contributed by atoms with van der Waals surface area (Å²) in [6.45, 7) is 3.82. The smallest absolute Gasteiger partial charge is 0.270 e. The lowest BCUT2D eigenvalue weighted by Gasteiger charge is -2.26. The average molecular weight is 274 g/mol. The van der Waals surface area contributed by atoms with Crippen molar-refractivity contribution in [2.75, 3.05) is 24.6 Å². The summed E-state index contributed by atoms with van der Waals surface area (Å²) >= 11 is 1.92. The Kier molecular flexibility index (Phi) is 3.27. The number of thioether (sulfide) groups is 1. The monoisotopic (exact) mass is 274 g/mol. The molecule has 0 radical (unpaired) electrons. The number of nitrogens with zero attached hydrogens (tertiary/aromatic N) is 2. The molecule has 0 atom stereocenters. The van der Waals surface area contributed by atoms with Crippen molar-refractivity contribution in [3.8, 4) is 0 Å². The van der Waals surface area contributed by atoms with E-state index in [1.165, 1.54) is 5.56 Å². The highest BCUT2D eigenvalue weighted by Gasteiger charge is 2.22. The molecule has 0 bridgehead atoms. The van der Waals surface area contributed by atoms with E-state index in [9.17, 15) is 4.79 Å². The molecule has 100 valence electrons. The van der Waals surface area contributed by atoms with Crippen LogP contribution >= 0.6 is 11.8 Å². The summed E-state index contributed by atoms with van der Waals surface area (Å²) in [6, 6.07) is 8.23. The number of aryl methyl sites for hydroxylation is 2. The number of para-hydroxylation sites is 1. The van der Waals surface area contributed by atoms with Crippen LogP contribution in [0.2, 0.25) is 0 Å². The molecule has 1 aromatic carbocycles. The molecule has 1 amide bonds. The van der Waals surface area contributed by atoms with Gasteiger partial charge in [0.1, 0.15) is 5.69 Å². The predicted molar refractivity (Wildman–Crippen MR) is 80.9 cm³/mol. The van der Waals surface area contributed by atoms with Gasteiger partial charge >= 0.3 is 0 Å². The summed E-state index contributed by atoms with van der Waals surface area (Å²) in [7, 11) is 1.99. The number of amides is 1. The van der Waals surface area contributed by atoms with Crippen LogP contribution in [-0.4, -0.2) is 40.0 Å². The summed E-state index contributed by atoms with van der Waals surface area (Å²) in [4.78, 5) is 14.6. The molecule has 0 N–H and O–H groups in total. The average Bonchev–Trinajstić information content (AvgIpc) is 2.78. The molecule has 0 aliphatic carbocycles. The van der Waals surface area contributed by atoms with Crippen LogP contribution in [0.3, 0.4) is 0 Å². The van der Waals surface area contributed by atoms with Gasteiger partial charge in [0.15, 0.2) is 0 Å². The van der Waals surface area contributed by atoms with E-state index in [-0.39, 0.29) is 5.91 Å². The summed E-state index contributed by atoms with van der Waals surface area (Å²) in [5, 5.41) is 1.15. The molecule has 3 rings (SSSR count). The molecule has 0 spiro atoms. The van der Waals surface area contributed by atoms with Gasteiger partial charge in [0.05, 0.1) is 5.52 Å². The highest BCUT2D eigenvalue weighted by molar-refractivity contribution is 7.99. The lowest BCUT2D eigenvalue weighted by atomic mass is 10.2. The fraction of sp³-hybridized carbons (Fsp3) is 0.400. The van der Waals surface area contributed by atoms with Gasteiger partial charge in [-0.1, -0.05) is 18.2 Å². The topological polar surface area (TPSA) is 25.2 Å². The SMILES string of the molecule is Cc1cccc2cc(C(=O)N3CCSCC3)n(C)c12. The van der Waals surface area contributed by atoms with Gasteiger partial charge < -0.3 is 9.47 Å². The van der Waals surface area contributed by atoms with Crippen molar-refractivity contribution in [3.63, 3.8) is 0 Å². The molecule has 2 aromatic rings. The van der Waals surface area contributed by atoms with Crippen molar-refractivity contribution < 1.29 is 4.79 Å². The molecule has 19 heavy (non-hydrogen) atoms. The van der Waals surface area contributed by atoms with Crippen LogP contribution in [0.4, 0.5) is 0 Å². The van der Waals surface area contributed by atoms with Gasteiger partial charge in [0.25, 0.3) is 5.91 Å². The van der Waals surface area contributed by atoms with E-state index in [0.717, 1.165) is 41.2 Å². The number of fused-ring (bicyclic) bond motifs is 1. The van der Waals surface area contributed by atoms with E-state index in [2.05, 4.69) is 19.1 Å². The minimum Gasteiger partial charge on any atom is -0.339 e. The van der Waals surface area contributed by atoms with Crippen LogP contribution in [0.1, 0.15) is 16.1 Å². The largest absolute Gasteiger partial charge is 0.339 e. The van der Waals surface area contributed by atoms with Gasteiger partial charge in [0.2, 0.25) is 0 Å². The molecule has 2 heterocycles. The molecular formula is C15H18N2OS. The van der Waals surface area contributed by atoms with E-state index < -0.39 is 0 Å². The van der Waals surface area contributed by atoms with Gasteiger partial charge in [-0.3, -0.25) is 4.79 Å². The second-order valence-corrected chi connectivity index (χ2v) is 6.23. The van der Waals surface area contributed by atoms with Crippen molar-refractivity contribution in [1.82, 2.24) is 9.47 Å². The number of aromatic nitrogens is 1. The zero-order chi connectivity index (χ0) is 13.4. The first kappa shape index (κ1) is 12.6. The molecular weight excluding hydrogens is 256 g/mol. The maximum atomic E-state index is 12.6. The molecule has 1 saturated heterocycles. The number of hydrogen-bond acceptors (Lipinski definition) is 2. The fourth-order valence-corrected chi connectivity index (χ4v) is 3.66. The van der Waals surface area contributed by atoms with Crippen LogP contribution < -0.4 is 0 Å². The van der Waals surface area contributed by atoms with Crippen molar-refractivity contribution in [2.24, 2.45) is 7.05 Å². The Bertz CT molecular complexity index is 626. The van der Waals surface area contributed by atoms with Crippen LogP contribution in [0.25, 0.3) is 10.9 Å². The number of carbonyl (C=O) groups excluding carboxylic acids is 1.